The van der Waals surface area contributed by atoms with Gasteiger partial charge in [-0.05, 0) is 30.2 Å². The molecule has 0 bridgehead atoms. The number of aryl methyl sites for hydroxylation is 1. The van der Waals surface area contributed by atoms with Crippen LogP contribution in [0.5, 0.6) is 0 Å². The Morgan fingerprint density at radius 1 is 1.26 bits per heavy atom. The first-order valence-corrected chi connectivity index (χ1v) is 11.5. The Hall–Kier alpha value is -1.50. The third-order valence-corrected chi connectivity index (χ3v) is 5.47. The van der Waals surface area contributed by atoms with Gasteiger partial charge >= 0.3 is 0 Å². The molecular weight excluding hydrogens is 311 g/mol. The SMILES string of the molecule is Cc1cc(-c2cnn(COCC[Si](C)(C)C)c2)cc(F)c1CO. The number of aliphatic hydroxyl groups excluding tert-OH is 1. The van der Waals surface area contributed by atoms with E-state index in [1.54, 1.807) is 17.8 Å². The summed E-state index contributed by atoms with van der Waals surface area (Å²) < 4.78 is 21.3. The van der Waals surface area contributed by atoms with Gasteiger partial charge in [0.25, 0.3) is 0 Å². The van der Waals surface area contributed by atoms with Gasteiger partial charge in [-0.2, -0.15) is 5.10 Å². The van der Waals surface area contributed by atoms with Gasteiger partial charge in [0.05, 0.1) is 12.8 Å². The fraction of sp³-hybridized carbons (Fsp3) is 0.471. The molecule has 6 heteroatoms. The van der Waals surface area contributed by atoms with Crippen molar-refractivity contribution in [3.05, 3.63) is 41.5 Å². The molecule has 0 aliphatic carbocycles. The van der Waals surface area contributed by atoms with Gasteiger partial charge < -0.3 is 9.84 Å². The van der Waals surface area contributed by atoms with Gasteiger partial charge in [0.15, 0.2) is 0 Å². The summed E-state index contributed by atoms with van der Waals surface area (Å²) in [6.07, 6.45) is 3.55. The van der Waals surface area contributed by atoms with E-state index in [0.717, 1.165) is 29.3 Å². The third kappa shape index (κ3) is 4.99. The molecule has 2 aromatic rings. The number of hydrogen-bond donors (Lipinski definition) is 1. The van der Waals surface area contributed by atoms with E-state index in [9.17, 15) is 9.50 Å². The van der Waals surface area contributed by atoms with Crippen LogP contribution in [0, 0.1) is 12.7 Å². The number of nitrogens with zero attached hydrogens (tertiary/aromatic N) is 2. The lowest BCUT2D eigenvalue weighted by Crippen LogP contribution is -2.22. The van der Waals surface area contributed by atoms with Crippen LogP contribution in [-0.2, 0) is 18.1 Å². The second-order valence-electron chi connectivity index (χ2n) is 7.03. The number of benzene rings is 1. The molecule has 1 aromatic carbocycles. The molecule has 4 nitrogen and oxygen atoms in total. The first-order valence-electron chi connectivity index (χ1n) is 7.80. The highest BCUT2D eigenvalue weighted by Crippen LogP contribution is 2.24. The standard InChI is InChI=1S/C17H25FN2O2Si/c1-13-7-14(8-17(18)16(13)11-21)15-9-19-20(10-15)12-22-5-6-23(2,3)4/h7-10,21H,5-6,11-12H2,1-4H3. The average molecular weight is 336 g/mol. The molecule has 23 heavy (non-hydrogen) atoms. The molecule has 0 aliphatic heterocycles. The summed E-state index contributed by atoms with van der Waals surface area (Å²) in [5, 5.41) is 13.4. The number of hydrogen-bond acceptors (Lipinski definition) is 3. The fourth-order valence-corrected chi connectivity index (χ4v) is 3.02. The van der Waals surface area contributed by atoms with E-state index in [-0.39, 0.29) is 12.4 Å². The van der Waals surface area contributed by atoms with Crippen molar-refractivity contribution in [1.29, 1.82) is 0 Å². The maximum Gasteiger partial charge on any atom is 0.139 e. The Labute approximate surface area is 137 Å². The van der Waals surface area contributed by atoms with Crippen LogP contribution in [0.4, 0.5) is 4.39 Å². The second-order valence-corrected chi connectivity index (χ2v) is 12.6. The largest absolute Gasteiger partial charge is 0.392 e. The Kier molecular flexibility index (Phi) is 5.72. The van der Waals surface area contributed by atoms with Gasteiger partial charge in [-0.25, -0.2) is 9.07 Å². The van der Waals surface area contributed by atoms with E-state index in [1.807, 2.05) is 12.3 Å². The molecule has 0 fully saturated rings. The quantitative estimate of drug-likeness (QED) is 0.618. The molecule has 2 rings (SSSR count). The number of halogens is 1. The van der Waals surface area contributed by atoms with Crippen molar-refractivity contribution in [2.24, 2.45) is 0 Å². The predicted octanol–water partition coefficient (Wildman–Crippen LogP) is 3.80. The maximum absolute atomic E-state index is 14.0. The molecule has 0 unspecified atom stereocenters. The number of aliphatic hydroxyl groups is 1. The molecule has 0 aliphatic rings. The second kappa shape index (κ2) is 7.38. The molecular formula is C17H25FN2O2Si. The highest BCUT2D eigenvalue weighted by Gasteiger charge is 2.12. The monoisotopic (exact) mass is 336 g/mol. The van der Waals surface area contributed by atoms with Crippen molar-refractivity contribution in [2.75, 3.05) is 6.61 Å². The van der Waals surface area contributed by atoms with E-state index >= 15 is 0 Å². The highest BCUT2D eigenvalue weighted by atomic mass is 28.3. The maximum atomic E-state index is 14.0. The fourth-order valence-electron chi connectivity index (χ4n) is 2.26. The van der Waals surface area contributed by atoms with Gasteiger partial charge in [0, 0.05) is 32.0 Å². The lowest BCUT2D eigenvalue weighted by Gasteiger charge is -2.15. The Morgan fingerprint density at radius 3 is 2.61 bits per heavy atom. The van der Waals surface area contributed by atoms with Crippen LogP contribution in [-0.4, -0.2) is 29.6 Å². The molecule has 0 spiro atoms. The molecule has 0 amide bonds. The summed E-state index contributed by atoms with van der Waals surface area (Å²) in [7, 11) is -1.08. The molecule has 1 heterocycles. The zero-order chi connectivity index (χ0) is 17.0. The van der Waals surface area contributed by atoms with E-state index in [4.69, 9.17) is 4.74 Å². The number of ether oxygens (including phenoxy) is 1. The minimum atomic E-state index is -1.08. The van der Waals surface area contributed by atoms with Crippen LogP contribution in [0.15, 0.2) is 24.5 Å². The van der Waals surface area contributed by atoms with Crippen LogP contribution in [0.2, 0.25) is 25.7 Å². The van der Waals surface area contributed by atoms with Crippen LogP contribution in [0.3, 0.4) is 0 Å². The summed E-state index contributed by atoms with van der Waals surface area (Å²) >= 11 is 0. The van der Waals surface area contributed by atoms with E-state index in [2.05, 4.69) is 24.7 Å². The molecule has 0 saturated heterocycles. The minimum Gasteiger partial charge on any atom is -0.392 e. The van der Waals surface area contributed by atoms with Gasteiger partial charge in [0.2, 0.25) is 0 Å². The van der Waals surface area contributed by atoms with Gasteiger partial charge in [-0.1, -0.05) is 25.7 Å². The van der Waals surface area contributed by atoms with E-state index in [1.165, 1.54) is 6.07 Å². The third-order valence-electron chi connectivity index (χ3n) is 3.76. The first kappa shape index (κ1) is 17.8. The zero-order valence-corrected chi connectivity index (χ0v) is 15.3. The lowest BCUT2D eigenvalue weighted by molar-refractivity contribution is 0.0786. The number of rotatable bonds is 7. The van der Waals surface area contributed by atoms with E-state index < -0.39 is 8.07 Å². The molecule has 126 valence electrons. The van der Waals surface area contributed by atoms with Gasteiger partial charge in [0.1, 0.15) is 12.5 Å². The highest BCUT2D eigenvalue weighted by molar-refractivity contribution is 6.76. The molecule has 1 aromatic heterocycles. The van der Waals surface area contributed by atoms with Crippen molar-refractivity contribution in [1.82, 2.24) is 9.78 Å². The molecule has 1 N–H and O–H groups in total. The van der Waals surface area contributed by atoms with Crippen LogP contribution < -0.4 is 0 Å². The predicted molar refractivity (Wildman–Crippen MR) is 92.4 cm³/mol. The Morgan fingerprint density at radius 2 is 2.00 bits per heavy atom. The Bertz CT molecular complexity index is 642. The van der Waals surface area contributed by atoms with Gasteiger partial charge in [-0.15, -0.1) is 0 Å². The topological polar surface area (TPSA) is 47.3 Å². The van der Waals surface area contributed by atoms with Crippen molar-refractivity contribution >= 4 is 8.07 Å². The molecule has 0 radical (unpaired) electrons. The summed E-state index contributed by atoms with van der Waals surface area (Å²) in [5.41, 5.74) is 2.67. The van der Waals surface area contributed by atoms with Crippen LogP contribution in [0.1, 0.15) is 11.1 Å². The summed E-state index contributed by atoms with van der Waals surface area (Å²) in [6.45, 7) is 9.59. The van der Waals surface area contributed by atoms with Crippen LogP contribution >= 0.6 is 0 Å². The van der Waals surface area contributed by atoms with Crippen molar-refractivity contribution in [2.45, 2.75) is 45.9 Å². The zero-order valence-electron chi connectivity index (χ0n) is 14.3. The summed E-state index contributed by atoms with van der Waals surface area (Å²) in [6, 6.07) is 4.42. The van der Waals surface area contributed by atoms with Gasteiger partial charge in [-0.3, -0.25) is 0 Å². The minimum absolute atomic E-state index is 0.290. The van der Waals surface area contributed by atoms with Crippen LogP contribution in [0.25, 0.3) is 11.1 Å². The van der Waals surface area contributed by atoms with E-state index in [0.29, 0.717) is 12.3 Å². The first-order chi connectivity index (χ1) is 10.8. The smallest absolute Gasteiger partial charge is 0.139 e. The normalized spacial score (nSPS) is 11.9. The van der Waals surface area contributed by atoms with Crippen molar-refractivity contribution in [3.8, 4) is 11.1 Å². The summed E-state index contributed by atoms with van der Waals surface area (Å²) in [5.74, 6) is -0.387. The van der Waals surface area contributed by atoms with Crippen molar-refractivity contribution in [3.63, 3.8) is 0 Å². The summed E-state index contributed by atoms with van der Waals surface area (Å²) in [4.78, 5) is 0. The lowest BCUT2D eigenvalue weighted by atomic mass is 10.0. The number of aromatic nitrogens is 2. The average Bonchev–Trinajstić information content (AvgIpc) is 2.91. The molecule has 0 saturated carbocycles. The Balaban J connectivity index is 2.02. The van der Waals surface area contributed by atoms with Crippen molar-refractivity contribution < 1.29 is 14.2 Å². The molecule has 0 atom stereocenters.